The number of rotatable bonds is 2. The molecular weight excluding hydrogens is 391 g/mol. The number of fused-ring (bicyclic) bond motifs is 1. The van der Waals surface area contributed by atoms with Crippen molar-refractivity contribution in [2.75, 3.05) is 0 Å². The first-order chi connectivity index (χ1) is 13.3. The minimum Gasteiger partial charge on any atom is -0.463 e. The van der Waals surface area contributed by atoms with E-state index in [0.717, 1.165) is 11.6 Å². The number of hydrogen-bond acceptors (Lipinski definition) is 4. The standard InChI is InChI=1S/C19H12F3N3O2S/c1-10-4-2-5-11(8-10)25-16-15(17(26)24-18(25)28)12(19(20,21)22)9-13(23-16)14-6-3-7-27-14/h2-9H,1H3,(H,24,26,28). The second-order valence-corrected chi connectivity index (χ2v) is 6.55. The summed E-state index contributed by atoms with van der Waals surface area (Å²) in [4.78, 5) is 19.0. The third kappa shape index (κ3) is 3.03. The molecule has 0 aliphatic carbocycles. The molecule has 4 rings (SSSR count). The van der Waals surface area contributed by atoms with E-state index in [2.05, 4.69) is 9.97 Å². The van der Waals surface area contributed by atoms with E-state index >= 15 is 0 Å². The molecule has 5 nitrogen and oxygen atoms in total. The van der Waals surface area contributed by atoms with E-state index in [9.17, 15) is 18.0 Å². The first-order valence-corrected chi connectivity index (χ1v) is 8.55. The highest BCUT2D eigenvalue weighted by molar-refractivity contribution is 7.71. The number of benzene rings is 1. The number of aromatic nitrogens is 3. The lowest BCUT2D eigenvalue weighted by molar-refractivity contribution is -0.136. The molecule has 0 spiro atoms. The Morgan fingerprint density at radius 1 is 1.18 bits per heavy atom. The maximum Gasteiger partial charge on any atom is 0.417 e. The summed E-state index contributed by atoms with van der Waals surface area (Å²) in [6.45, 7) is 1.84. The Morgan fingerprint density at radius 3 is 2.61 bits per heavy atom. The third-order valence-corrected chi connectivity index (χ3v) is 4.49. The van der Waals surface area contributed by atoms with Gasteiger partial charge in [0, 0.05) is 0 Å². The van der Waals surface area contributed by atoms with Crippen LogP contribution in [0.15, 0.2) is 57.9 Å². The number of nitrogens with one attached hydrogen (secondary N) is 1. The van der Waals surface area contributed by atoms with Gasteiger partial charge in [-0.05, 0) is 55.0 Å². The van der Waals surface area contributed by atoms with Crippen LogP contribution < -0.4 is 5.56 Å². The molecule has 0 fully saturated rings. The zero-order valence-corrected chi connectivity index (χ0v) is 15.2. The van der Waals surface area contributed by atoms with Gasteiger partial charge in [0.25, 0.3) is 5.56 Å². The molecule has 0 saturated carbocycles. The van der Waals surface area contributed by atoms with E-state index < -0.39 is 22.7 Å². The van der Waals surface area contributed by atoms with Gasteiger partial charge in [0.1, 0.15) is 5.69 Å². The molecule has 3 aromatic heterocycles. The Morgan fingerprint density at radius 2 is 1.96 bits per heavy atom. The molecule has 0 aliphatic heterocycles. The quantitative estimate of drug-likeness (QED) is 0.477. The third-order valence-electron chi connectivity index (χ3n) is 4.20. The van der Waals surface area contributed by atoms with Crippen LogP contribution in [0.1, 0.15) is 11.1 Å². The van der Waals surface area contributed by atoms with Crippen LogP contribution >= 0.6 is 12.2 Å². The largest absolute Gasteiger partial charge is 0.463 e. The van der Waals surface area contributed by atoms with Crippen LogP contribution in [0.3, 0.4) is 0 Å². The van der Waals surface area contributed by atoms with Crippen molar-refractivity contribution in [3.8, 4) is 17.1 Å². The molecule has 0 bridgehead atoms. The number of furan rings is 1. The number of aryl methyl sites for hydroxylation is 1. The predicted molar refractivity (Wildman–Crippen MR) is 100.0 cm³/mol. The second-order valence-electron chi connectivity index (χ2n) is 6.16. The van der Waals surface area contributed by atoms with E-state index in [0.29, 0.717) is 5.69 Å². The van der Waals surface area contributed by atoms with Gasteiger partial charge in [-0.2, -0.15) is 13.2 Å². The SMILES string of the molecule is Cc1cccc(-n2c(=S)[nH]c(=O)c3c(C(F)(F)F)cc(-c4ccco4)nc32)c1. The monoisotopic (exact) mass is 403 g/mol. The van der Waals surface area contributed by atoms with E-state index in [4.69, 9.17) is 16.6 Å². The smallest absolute Gasteiger partial charge is 0.417 e. The fourth-order valence-corrected chi connectivity index (χ4v) is 3.29. The summed E-state index contributed by atoms with van der Waals surface area (Å²) in [5, 5.41) is -0.585. The molecule has 28 heavy (non-hydrogen) atoms. The van der Waals surface area contributed by atoms with E-state index in [1.54, 1.807) is 24.3 Å². The van der Waals surface area contributed by atoms with Crippen molar-refractivity contribution in [1.29, 1.82) is 0 Å². The molecule has 3 heterocycles. The Labute approximate surface area is 161 Å². The molecule has 0 amide bonds. The minimum absolute atomic E-state index is 0.0498. The van der Waals surface area contributed by atoms with E-state index in [1.807, 2.05) is 13.0 Å². The van der Waals surface area contributed by atoms with Crippen LogP contribution in [-0.4, -0.2) is 14.5 Å². The number of pyridine rings is 1. The van der Waals surface area contributed by atoms with Crippen molar-refractivity contribution < 1.29 is 17.6 Å². The molecule has 1 N–H and O–H groups in total. The minimum atomic E-state index is -4.77. The van der Waals surface area contributed by atoms with Gasteiger partial charge in [0.05, 0.1) is 22.9 Å². The van der Waals surface area contributed by atoms with Crippen LogP contribution in [0.4, 0.5) is 13.2 Å². The molecule has 0 radical (unpaired) electrons. The van der Waals surface area contributed by atoms with Crippen LogP contribution in [0.25, 0.3) is 28.2 Å². The first-order valence-electron chi connectivity index (χ1n) is 8.14. The van der Waals surface area contributed by atoms with E-state index in [1.165, 1.54) is 16.9 Å². The molecule has 0 aliphatic rings. The average molecular weight is 403 g/mol. The average Bonchev–Trinajstić information content (AvgIpc) is 3.14. The Hall–Kier alpha value is -3.20. The second kappa shape index (κ2) is 6.45. The molecule has 9 heteroatoms. The van der Waals surface area contributed by atoms with Crippen LogP contribution in [0.5, 0.6) is 0 Å². The predicted octanol–water partition coefficient (Wildman–Crippen LogP) is 5.03. The normalized spacial score (nSPS) is 11.9. The molecule has 0 saturated heterocycles. The van der Waals surface area contributed by atoms with Crippen LogP contribution in [-0.2, 0) is 6.18 Å². The van der Waals surface area contributed by atoms with Gasteiger partial charge in [-0.25, -0.2) is 4.98 Å². The van der Waals surface area contributed by atoms with Crippen LogP contribution in [0.2, 0.25) is 0 Å². The zero-order chi connectivity index (χ0) is 20.1. The molecule has 0 atom stereocenters. The fourth-order valence-electron chi connectivity index (χ4n) is 3.01. The molecule has 0 unspecified atom stereocenters. The number of nitrogens with zero attached hydrogens (tertiary/aromatic N) is 2. The van der Waals surface area contributed by atoms with Crippen molar-refractivity contribution in [3.63, 3.8) is 0 Å². The highest BCUT2D eigenvalue weighted by Crippen LogP contribution is 2.36. The summed E-state index contributed by atoms with van der Waals surface area (Å²) in [7, 11) is 0. The van der Waals surface area contributed by atoms with Crippen molar-refractivity contribution in [3.05, 3.63) is 75.0 Å². The highest BCUT2D eigenvalue weighted by atomic mass is 32.1. The lowest BCUT2D eigenvalue weighted by atomic mass is 10.1. The summed E-state index contributed by atoms with van der Waals surface area (Å²) in [6, 6.07) is 10.8. The van der Waals surface area contributed by atoms with Crippen molar-refractivity contribution in [2.24, 2.45) is 0 Å². The summed E-state index contributed by atoms with van der Waals surface area (Å²) in [5.74, 6) is 0.148. The Kier molecular flexibility index (Phi) is 4.19. The number of aromatic amines is 1. The molecule has 1 aromatic carbocycles. The van der Waals surface area contributed by atoms with Gasteiger partial charge in [0.2, 0.25) is 0 Å². The van der Waals surface area contributed by atoms with Gasteiger partial charge in [-0.1, -0.05) is 12.1 Å². The highest BCUT2D eigenvalue weighted by Gasteiger charge is 2.36. The number of halogens is 3. The van der Waals surface area contributed by atoms with Gasteiger partial charge in [-0.3, -0.25) is 14.3 Å². The molecule has 4 aromatic rings. The molecular formula is C19H12F3N3O2S. The zero-order valence-electron chi connectivity index (χ0n) is 14.4. The first kappa shape index (κ1) is 18.2. The number of hydrogen-bond donors (Lipinski definition) is 1. The van der Waals surface area contributed by atoms with Gasteiger partial charge in [-0.15, -0.1) is 0 Å². The number of H-pyrrole nitrogens is 1. The topological polar surface area (TPSA) is 63.8 Å². The Balaban J connectivity index is 2.21. The van der Waals surface area contributed by atoms with E-state index in [-0.39, 0.29) is 21.9 Å². The van der Waals surface area contributed by atoms with Crippen LogP contribution in [0, 0.1) is 11.7 Å². The summed E-state index contributed by atoms with van der Waals surface area (Å²) >= 11 is 5.23. The van der Waals surface area contributed by atoms with Crippen molar-refractivity contribution >= 4 is 23.3 Å². The fraction of sp³-hybridized carbons (Fsp3) is 0.105. The molecule has 142 valence electrons. The number of alkyl halides is 3. The lowest BCUT2D eigenvalue weighted by Gasteiger charge is -2.15. The lowest BCUT2D eigenvalue weighted by Crippen LogP contribution is -2.20. The maximum atomic E-state index is 13.8. The van der Waals surface area contributed by atoms with Crippen molar-refractivity contribution in [2.45, 2.75) is 13.1 Å². The van der Waals surface area contributed by atoms with Gasteiger partial charge >= 0.3 is 6.18 Å². The van der Waals surface area contributed by atoms with Crippen molar-refractivity contribution in [1.82, 2.24) is 14.5 Å². The summed E-state index contributed by atoms with van der Waals surface area (Å²) in [6.07, 6.45) is -3.44. The summed E-state index contributed by atoms with van der Waals surface area (Å²) < 4.78 is 47.8. The Bertz CT molecular complexity index is 1300. The van der Waals surface area contributed by atoms with Gasteiger partial charge in [0.15, 0.2) is 16.2 Å². The maximum absolute atomic E-state index is 13.8. The summed E-state index contributed by atoms with van der Waals surface area (Å²) in [5.41, 5.74) is -0.941. The van der Waals surface area contributed by atoms with Gasteiger partial charge < -0.3 is 4.42 Å².